The molecule has 0 aromatic carbocycles. The molecule has 0 bridgehead atoms. The number of aliphatic hydroxyl groups is 1. The maximum absolute atomic E-state index is 11.7. The zero-order valence-corrected chi connectivity index (χ0v) is 15.7. The summed E-state index contributed by atoms with van der Waals surface area (Å²) < 4.78 is 0. The van der Waals surface area contributed by atoms with E-state index in [-0.39, 0.29) is 34.4 Å². The third-order valence-electron chi connectivity index (χ3n) is 3.39. The molecule has 1 atom stereocenters. The van der Waals surface area contributed by atoms with Crippen molar-refractivity contribution in [2.24, 2.45) is 0 Å². The van der Waals surface area contributed by atoms with Gasteiger partial charge in [0.1, 0.15) is 0 Å². The summed E-state index contributed by atoms with van der Waals surface area (Å²) in [5, 5.41) is 13.4. The first-order valence-electron chi connectivity index (χ1n) is 7.94. The van der Waals surface area contributed by atoms with Gasteiger partial charge in [0, 0.05) is 60.0 Å². The Hall–Kier alpha value is -2.41. The Morgan fingerprint density at radius 2 is 1.46 bits per heavy atom. The van der Waals surface area contributed by atoms with Crippen LogP contribution < -0.4 is 10.6 Å². The molecule has 1 radical (unpaired) electrons. The van der Waals surface area contributed by atoms with E-state index in [1.54, 1.807) is 36.7 Å². The van der Waals surface area contributed by atoms with Gasteiger partial charge in [-0.2, -0.15) is 0 Å². The Balaban J connectivity index is 0.00000201. The van der Waals surface area contributed by atoms with Crippen LogP contribution in [0.3, 0.4) is 0 Å². The first-order chi connectivity index (χ1) is 12.2. The molecule has 0 aromatic heterocycles. The van der Waals surface area contributed by atoms with Crippen molar-refractivity contribution in [2.75, 3.05) is 13.7 Å². The Morgan fingerprint density at radius 3 is 1.96 bits per heavy atom. The van der Waals surface area contributed by atoms with Crippen molar-refractivity contribution in [1.29, 1.82) is 0 Å². The number of rotatable bonds is 7. The summed E-state index contributed by atoms with van der Waals surface area (Å²) in [6.07, 6.45) is 19.7. The number of hydrogen-bond acceptors (Lipinski definition) is 5. The second-order valence-corrected chi connectivity index (χ2v) is 5.16. The second kappa shape index (κ2) is 13.8. The van der Waals surface area contributed by atoms with Crippen molar-refractivity contribution < 1.29 is 31.5 Å². The number of hydrogen-bond donors (Lipinski definition) is 3. The zero-order chi connectivity index (χ0) is 18.5. The van der Waals surface area contributed by atoms with Crippen LogP contribution in [0.25, 0.3) is 0 Å². The van der Waals surface area contributed by atoms with Gasteiger partial charge < -0.3 is 15.7 Å². The van der Waals surface area contributed by atoms with Crippen molar-refractivity contribution in [1.82, 2.24) is 10.6 Å². The molecule has 0 spiro atoms. The van der Waals surface area contributed by atoms with Crippen LogP contribution in [0.4, 0.5) is 0 Å². The maximum atomic E-state index is 11.7. The molecule has 141 valence electrons. The molecule has 0 heterocycles. The summed E-state index contributed by atoms with van der Waals surface area (Å²) in [5.74, 6) is -0.0303. The molecular weight excluding hydrogens is 375 g/mol. The van der Waals surface area contributed by atoms with Gasteiger partial charge >= 0.3 is 0 Å². The van der Waals surface area contributed by atoms with Gasteiger partial charge in [-0.05, 0) is 30.7 Å². The average molecular weight is 399 g/mol. The number of allylic oxidation sites excluding steroid dienone is 10. The minimum Gasteiger partial charge on any atom is -0.400 e. The fourth-order valence-corrected chi connectivity index (χ4v) is 2.13. The van der Waals surface area contributed by atoms with Crippen molar-refractivity contribution in [3.05, 3.63) is 84.8 Å². The predicted octanol–water partition coefficient (Wildman–Crippen LogP) is 1.87. The molecule has 0 fully saturated rings. The van der Waals surface area contributed by atoms with Crippen LogP contribution in [0.2, 0.25) is 0 Å². The van der Waals surface area contributed by atoms with E-state index in [0.29, 0.717) is 17.7 Å². The van der Waals surface area contributed by atoms with E-state index in [4.69, 9.17) is 5.11 Å². The summed E-state index contributed by atoms with van der Waals surface area (Å²) in [4.78, 5) is 23.3. The molecule has 3 N–H and O–H groups in total. The average Bonchev–Trinajstić information content (AvgIpc) is 2.64. The molecule has 0 amide bonds. The normalized spacial score (nSPS) is 18.8. The number of carbonyl (C=O) groups is 2. The first-order valence-corrected chi connectivity index (χ1v) is 7.94. The third kappa shape index (κ3) is 8.11. The van der Waals surface area contributed by atoms with Crippen molar-refractivity contribution in [3.8, 4) is 0 Å². The molecular formula is C20H24CoN2O3. The van der Waals surface area contributed by atoms with Gasteiger partial charge in [-0.15, -0.1) is 6.58 Å². The number of aliphatic hydroxyl groups excluding tert-OH is 1. The topological polar surface area (TPSA) is 78.4 Å². The van der Waals surface area contributed by atoms with Gasteiger partial charge in [-0.25, -0.2) is 0 Å². The van der Waals surface area contributed by atoms with E-state index < -0.39 is 0 Å². The third-order valence-corrected chi connectivity index (χ3v) is 3.39. The molecule has 0 aliphatic heterocycles. The van der Waals surface area contributed by atoms with Gasteiger partial charge in [0.2, 0.25) is 0 Å². The molecule has 6 heteroatoms. The Kier molecular flexibility index (Phi) is 12.5. The summed E-state index contributed by atoms with van der Waals surface area (Å²) in [6.45, 7) is 4.36. The van der Waals surface area contributed by atoms with E-state index in [1.165, 1.54) is 12.2 Å². The molecule has 2 aliphatic carbocycles. The molecule has 0 aromatic rings. The summed E-state index contributed by atoms with van der Waals surface area (Å²) in [5.41, 5.74) is 1.24. The Bertz CT molecular complexity index is 671. The molecule has 2 rings (SSSR count). The van der Waals surface area contributed by atoms with E-state index in [0.717, 1.165) is 13.5 Å². The second-order valence-electron chi connectivity index (χ2n) is 5.16. The monoisotopic (exact) mass is 399 g/mol. The van der Waals surface area contributed by atoms with Crippen LogP contribution in [-0.2, 0) is 26.4 Å². The van der Waals surface area contributed by atoms with Crippen LogP contribution >= 0.6 is 0 Å². The van der Waals surface area contributed by atoms with Crippen LogP contribution in [0.5, 0.6) is 0 Å². The van der Waals surface area contributed by atoms with Gasteiger partial charge in [-0.1, -0.05) is 30.4 Å². The van der Waals surface area contributed by atoms with E-state index in [1.807, 2.05) is 18.2 Å². The molecule has 5 nitrogen and oxygen atoms in total. The summed E-state index contributed by atoms with van der Waals surface area (Å²) >= 11 is 0. The molecule has 2 aliphatic rings. The van der Waals surface area contributed by atoms with Crippen molar-refractivity contribution in [2.45, 2.75) is 12.5 Å². The van der Waals surface area contributed by atoms with Crippen molar-refractivity contribution in [3.63, 3.8) is 0 Å². The van der Waals surface area contributed by atoms with Gasteiger partial charge in [0.25, 0.3) is 0 Å². The number of ketones is 2. The molecule has 1 unspecified atom stereocenters. The fourth-order valence-electron chi connectivity index (χ4n) is 2.13. The largest absolute Gasteiger partial charge is 0.400 e. The molecule has 26 heavy (non-hydrogen) atoms. The van der Waals surface area contributed by atoms with Gasteiger partial charge in [-0.3, -0.25) is 9.59 Å². The fraction of sp³-hybridized carbons (Fsp3) is 0.200. The van der Waals surface area contributed by atoms with Crippen LogP contribution in [0.15, 0.2) is 84.8 Å². The maximum Gasteiger partial charge on any atom is 0.187 e. The first kappa shape index (κ1) is 23.6. The van der Waals surface area contributed by atoms with Crippen LogP contribution in [-0.4, -0.2) is 36.4 Å². The summed E-state index contributed by atoms with van der Waals surface area (Å²) in [7, 11) is 1.00. The number of carbonyl (C=O) groups excluding carboxylic acids is 2. The Morgan fingerprint density at radius 1 is 0.962 bits per heavy atom. The minimum absolute atomic E-state index is 0. The van der Waals surface area contributed by atoms with Gasteiger partial charge in [0.05, 0.1) is 0 Å². The van der Waals surface area contributed by atoms with E-state index in [9.17, 15) is 9.59 Å². The quantitative estimate of drug-likeness (QED) is 0.450. The molecule has 0 saturated heterocycles. The van der Waals surface area contributed by atoms with Gasteiger partial charge in [0.15, 0.2) is 11.6 Å². The summed E-state index contributed by atoms with van der Waals surface area (Å²) in [6, 6.07) is 0.0715. The predicted molar refractivity (Wildman–Crippen MR) is 101 cm³/mol. The standard InChI is InChI=1S/C19H20N2O2.CH4O.Co/c1-2-7-17(21-13-16-9-4-6-11-19(16)23)14-20-12-15-8-3-5-10-18(15)22;1-2;/h2-6,8-13,17,20-21H,1,7,14H2;2H,1H3;/b15-12-,16-13-;;. The van der Waals surface area contributed by atoms with Crippen LogP contribution in [0.1, 0.15) is 6.42 Å². The van der Waals surface area contributed by atoms with E-state index in [2.05, 4.69) is 17.2 Å². The molecule has 0 saturated carbocycles. The van der Waals surface area contributed by atoms with Crippen LogP contribution in [0, 0.1) is 0 Å². The number of nitrogens with one attached hydrogen (secondary N) is 2. The smallest absolute Gasteiger partial charge is 0.187 e. The SMILES string of the molecule is C=CCC(CN/C=C1/C=CC=CC1=O)N/C=C1/C=CC=CC1=O.CO.[Co]. The minimum atomic E-state index is -0.0165. The van der Waals surface area contributed by atoms with E-state index >= 15 is 0 Å². The Labute approximate surface area is 164 Å². The van der Waals surface area contributed by atoms with Crippen molar-refractivity contribution >= 4 is 11.6 Å². The zero-order valence-electron chi connectivity index (χ0n) is 14.6.